The van der Waals surface area contributed by atoms with E-state index in [0.29, 0.717) is 21.9 Å². The van der Waals surface area contributed by atoms with Gasteiger partial charge in [0.25, 0.3) is 5.91 Å². The van der Waals surface area contributed by atoms with Crippen molar-refractivity contribution < 1.29 is 14.6 Å². The van der Waals surface area contributed by atoms with Crippen LogP contribution in [-0.2, 0) is 0 Å². The Labute approximate surface area is 148 Å². The second-order valence-electron chi connectivity index (χ2n) is 5.10. The maximum atomic E-state index is 12.5. The predicted octanol–water partition coefficient (Wildman–Crippen LogP) is 3.92. The van der Waals surface area contributed by atoms with Crippen LogP contribution in [0.15, 0.2) is 46.9 Å². The van der Waals surface area contributed by atoms with Crippen molar-refractivity contribution in [2.24, 2.45) is 0 Å². The van der Waals surface area contributed by atoms with Gasteiger partial charge in [-0.3, -0.25) is 4.79 Å². The number of benzene rings is 2. The number of nitrogens with zero attached hydrogens (tertiary/aromatic N) is 1. The molecule has 0 aliphatic carbocycles. The maximum Gasteiger partial charge on any atom is 0.255 e. The van der Waals surface area contributed by atoms with Gasteiger partial charge in [-0.15, -0.1) is 0 Å². The van der Waals surface area contributed by atoms with Gasteiger partial charge in [-0.1, -0.05) is 39.7 Å². The third-order valence-electron chi connectivity index (χ3n) is 3.45. The van der Waals surface area contributed by atoms with E-state index in [9.17, 15) is 9.90 Å². The maximum absolute atomic E-state index is 12.5. The highest BCUT2D eigenvalue weighted by Gasteiger charge is 2.19. The molecule has 1 amide bonds. The lowest BCUT2D eigenvalue weighted by atomic mass is 10.1. The molecule has 1 atom stereocenters. The van der Waals surface area contributed by atoms with Crippen molar-refractivity contribution in [2.75, 3.05) is 20.7 Å². The Kier molecular flexibility index (Phi) is 6.04. The van der Waals surface area contributed by atoms with Gasteiger partial charge < -0.3 is 14.7 Å². The first-order valence-electron chi connectivity index (χ1n) is 6.95. The molecule has 1 N–H and O–H groups in total. The van der Waals surface area contributed by atoms with Crippen LogP contribution >= 0.6 is 27.5 Å². The first-order valence-corrected chi connectivity index (χ1v) is 8.12. The third-order valence-corrected chi connectivity index (χ3v) is 4.28. The molecule has 0 aliphatic heterocycles. The standard InChI is InChI=1S/C17H17BrClNO3/c1-20(17(22)14-9-12(18)5-8-15(14)19)10-16(21)11-3-6-13(23-2)7-4-11/h3-9,16,21H,10H2,1-2H3. The van der Waals surface area contributed by atoms with E-state index in [0.717, 1.165) is 4.47 Å². The number of amides is 1. The molecule has 6 heteroatoms. The Balaban J connectivity index is 2.09. The van der Waals surface area contributed by atoms with E-state index < -0.39 is 6.10 Å². The van der Waals surface area contributed by atoms with Crippen molar-refractivity contribution in [2.45, 2.75) is 6.10 Å². The molecule has 0 heterocycles. The third kappa shape index (κ3) is 4.47. The van der Waals surface area contributed by atoms with Crippen LogP contribution in [-0.4, -0.2) is 36.6 Å². The van der Waals surface area contributed by atoms with Crippen LogP contribution in [0.25, 0.3) is 0 Å². The Bertz CT molecular complexity index is 691. The van der Waals surface area contributed by atoms with Gasteiger partial charge in [0.15, 0.2) is 0 Å². The van der Waals surface area contributed by atoms with Gasteiger partial charge >= 0.3 is 0 Å². The summed E-state index contributed by atoms with van der Waals surface area (Å²) in [5.74, 6) is 0.468. The second-order valence-corrected chi connectivity index (χ2v) is 6.42. The average molecular weight is 399 g/mol. The lowest BCUT2D eigenvalue weighted by Crippen LogP contribution is -2.31. The minimum absolute atomic E-state index is 0.161. The Morgan fingerprint density at radius 1 is 1.30 bits per heavy atom. The number of aliphatic hydroxyl groups excluding tert-OH is 1. The van der Waals surface area contributed by atoms with Crippen LogP contribution in [0.2, 0.25) is 5.02 Å². The van der Waals surface area contributed by atoms with Crippen molar-refractivity contribution >= 4 is 33.4 Å². The van der Waals surface area contributed by atoms with Gasteiger partial charge in [0.05, 0.1) is 30.3 Å². The number of ether oxygens (including phenoxy) is 1. The van der Waals surface area contributed by atoms with E-state index in [2.05, 4.69) is 15.9 Å². The number of methoxy groups -OCH3 is 1. The van der Waals surface area contributed by atoms with Crippen LogP contribution < -0.4 is 4.74 Å². The lowest BCUT2D eigenvalue weighted by Gasteiger charge is -2.22. The van der Waals surface area contributed by atoms with Crippen molar-refractivity contribution in [1.82, 2.24) is 4.90 Å². The molecule has 2 rings (SSSR count). The highest BCUT2D eigenvalue weighted by molar-refractivity contribution is 9.10. The zero-order chi connectivity index (χ0) is 17.0. The number of carbonyl (C=O) groups is 1. The van der Waals surface area contributed by atoms with E-state index >= 15 is 0 Å². The fourth-order valence-electron chi connectivity index (χ4n) is 2.14. The van der Waals surface area contributed by atoms with E-state index in [4.69, 9.17) is 16.3 Å². The number of halogens is 2. The van der Waals surface area contributed by atoms with E-state index in [1.807, 2.05) is 0 Å². The fourth-order valence-corrected chi connectivity index (χ4v) is 2.70. The average Bonchev–Trinajstić information content (AvgIpc) is 2.56. The minimum Gasteiger partial charge on any atom is -0.497 e. The van der Waals surface area contributed by atoms with Gasteiger partial charge in [-0.2, -0.15) is 0 Å². The van der Waals surface area contributed by atoms with Gasteiger partial charge in [-0.05, 0) is 35.9 Å². The van der Waals surface area contributed by atoms with Gasteiger partial charge in [0, 0.05) is 11.5 Å². The number of hydrogen-bond acceptors (Lipinski definition) is 3. The summed E-state index contributed by atoms with van der Waals surface area (Å²) in [4.78, 5) is 13.9. The molecule has 0 saturated carbocycles. The van der Waals surface area contributed by atoms with Crippen LogP contribution in [0.3, 0.4) is 0 Å². The highest BCUT2D eigenvalue weighted by Crippen LogP contribution is 2.23. The van der Waals surface area contributed by atoms with Crippen molar-refractivity contribution in [1.29, 1.82) is 0 Å². The zero-order valence-electron chi connectivity index (χ0n) is 12.8. The molecule has 0 aromatic heterocycles. The van der Waals surface area contributed by atoms with Crippen molar-refractivity contribution in [3.8, 4) is 5.75 Å². The quantitative estimate of drug-likeness (QED) is 0.830. The molecule has 23 heavy (non-hydrogen) atoms. The molecule has 2 aromatic carbocycles. The van der Waals surface area contributed by atoms with Crippen molar-refractivity contribution in [3.05, 3.63) is 63.1 Å². The Morgan fingerprint density at radius 2 is 1.96 bits per heavy atom. The molecule has 0 aliphatic rings. The summed E-state index contributed by atoms with van der Waals surface area (Å²) in [6, 6.07) is 12.2. The minimum atomic E-state index is -0.791. The van der Waals surface area contributed by atoms with Crippen LogP contribution in [0.5, 0.6) is 5.75 Å². The molecule has 0 radical (unpaired) electrons. The second kappa shape index (κ2) is 7.81. The first-order chi connectivity index (χ1) is 10.9. The zero-order valence-corrected chi connectivity index (χ0v) is 15.1. The summed E-state index contributed by atoms with van der Waals surface area (Å²) in [5.41, 5.74) is 1.11. The fraction of sp³-hybridized carbons (Fsp3) is 0.235. The smallest absolute Gasteiger partial charge is 0.255 e. The van der Waals surface area contributed by atoms with Gasteiger partial charge in [0.1, 0.15) is 5.75 Å². The number of carbonyl (C=O) groups excluding carboxylic acids is 1. The monoisotopic (exact) mass is 397 g/mol. The summed E-state index contributed by atoms with van der Waals surface area (Å²) in [7, 11) is 3.21. The molecule has 122 valence electrons. The summed E-state index contributed by atoms with van der Waals surface area (Å²) in [6.45, 7) is 0.161. The van der Waals surface area contributed by atoms with Crippen LogP contribution in [0.1, 0.15) is 22.0 Å². The molecule has 2 aromatic rings. The lowest BCUT2D eigenvalue weighted by molar-refractivity contribution is 0.0681. The first kappa shape index (κ1) is 17.8. The Hall–Kier alpha value is -1.56. The molecule has 0 saturated heterocycles. The molecule has 4 nitrogen and oxygen atoms in total. The summed E-state index contributed by atoms with van der Waals surface area (Å²) < 4.78 is 5.86. The molecule has 0 bridgehead atoms. The summed E-state index contributed by atoms with van der Waals surface area (Å²) in [5, 5.41) is 10.7. The van der Waals surface area contributed by atoms with E-state index in [1.54, 1.807) is 56.6 Å². The topological polar surface area (TPSA) is 49.8 Å². The van der Waals surface area contributed by atoms with Crippen LogP contribution in [0.4, 0.5) is 0 Å². The predicted molar refractivity (Wildman–Crippen MR) is 94.1 cm³/mol. The molecule has 1 unspecified atom stereocenters. The van der Waals surface area contributed by atoms with E-state index in [-0.39, 0.29) is 12.5 Å². The molecular weight excluding hydrogens is 382 g/mol. The number of rotatable bonds is 5. The number of likely N-dealkylation sites (N-methyl/N-ethyl adjacent to an activating group) is 1. The van der Waals surface area contributed by atoms with E-state index in [1.165, 1.54) is 4.90 Å². The molecule has 0 fully saturated rings. The summed E-state index contributed by atoms with van der Waals surface area (Å²) >= 11 is 9.40. The Morgan fingerprint density at radius 3 is 2.57 bits per heavy atom. The normalized spacial score (nSPS) is 11.9. The van der Waals surface area contributed by atoms with Crippen LogP contribution in [0, 0.1) is 0 Å². The highest BCUT2D eigenvalue weighted by atomic mass is 79.9. The summed E-state index contributed by atoms with van der Waals surface area (Å²) in [6.07, 6.45) is -0.791. The molecule has 0 spiro atoms. The molecular formula is C17H17BrClNO3. The van der Waals surface area contributed by atoms with Crippen molar-refractivity contribution in [3.63, 3.8) is 0 Å². The van der Waals surface area contributed by atoms with Gasteiger partial charge in [-0.25, -0.2) is 0 Å². The number of aliphatic hydroxyl groups is 1. The SMILES string of the molecule is COc1ccc(C(O)CN(C)C(=O)c2cc(Br)ccc2Cl)cc1. The largest absolute Gasteiger partial charge is 0.497 e. The van der Waals surface area contributed by atoms with Gasteiger partial charge in [0.2, 0.25) is 0 Å². The number of hydrogen-bond donors (Lipinski definition) is 1.